The van der Waals surface area contributed by atoms with Crippen molar-refractivity contribution >= 4 is 39.2 Å². The number of ether oxygens (including phenoxy) is 2. The van der Waals surface area contributed by atoms with Crippen LogP contribution in [-0.4, -0.2) is 48.8 Å². The minimum absolute atomic E-state index is 0.00984. The van der Waals surface area contributed by atoms with E-state index in [1.165, 1.54) is 0 Å². The maximum Gasteiger partial charge on any atom is 0.340 e. The van der Waals surface area contributed by atoms with Crippen molar-refractivity contribution in [3.63, 3.8) is 0 Å². The quantitative estimate of drug-likeness (QED) is 0.358. The summed E-state index contributed by atoms with van der Waals surface area (Å²) in [6.45, 7) is 9.88. The van der Waals surface area contributed by atoms with E-state index in [1.54, 1.807) is 30.8 Å². The van der Waals surface area contributed by atoms with Gasteiger partial charge in [0.05, 0.1) is 28.2 Å². The van der Waals surface area contributed by atoms with Crippen molar-refractivity contribution in [3.05, 3.63) is 47.4 Å². The Bertz CT molecular complexity index is 1460. The molecule has 0 saturated heterocycles. The summed E-state index contributed by atoms with van der Waals surface area (Å²) in [5, 5.41) is 4.98. The second kappa shape index (κ2) is 10.1. The van der Waals surface area contributed by atoms with Crippen LogP contribution in [0, 0.1) is 0 Å². The number of nitrogens with one attached hydrogen (secondary N) is 1. The van der Waals surface area contributed by atoms with Crippen LogP contribution in [0.25, 0.3) is 10.8 Å². The molecule has 1 fully saturated rings. The van der Waals surface area contributed by atoms with Gasteiger partial charge in [-0.1, -0.05) is 13.8 Å². The smallest absolute Gasteiger partial charge is 0.340 e. The van der Waals surface area contributed by atoms with Gasteiger partial charge in [-0.05, 0) is 75.6 Å². The fourth-order valence-electron chi connectivity index (χ4n) is 5.27. The molecule has 0 bridgehead atoms. The number of hydrogen-bond donors (Lipinski definition) is 2. The number of cyclic esters (lactones) is 1. The number of nitrogens with zero attached hydrogens (tertiary/aromatic N) is 3. The summed E-state index contributed by atoms with van der Waals surface area (Å²) in [5.41, 5.74) is 8.11. The SMILES string of the molecule is CC[C@@](C)(N)c1cnc(O[C@H](C)CC(C)S(C)=O)c2cnc(Nc3ccc4c(n3)C3(CC3)C(C)OC4=O)cc12. The number of pyridine rings is 3. The molecule has 2 aliphatic rings. The Morgan fingerprint density at radius 2 is 1.97 bits per heavy atom. The van der Waals surface area contributed by atoms with Gasteiger partial charge in [0, 0.05) is 40.2 Å². The predicted octanol–water partition coefficient (Wildman–Crippen LogP) is 4.87. The lowest BCUT2D eigenvalue weighted by molar-refractivity contribution is 0.0183. The van der Waals surface area contributed by atoms with Crippen molar-refractivity contribution in [2.45, 2.75) is 88.7 Å². The zero-order chi connectivity index (χ0) is 28.1. The number of fused-ring (bicyclic) bond motifs is 3. The highest BCUT2D eigenvalue weighted by Crippen LogP contribution is 2.54. The van der Waals surface area contributed by atoms with Crippen molar-refractivity contribution in [3.8, 4) is 5.88 Å². The van der Waals surface area contributed by atoms with Gasteiger partial charge < -0.3 is 20.5 Å². The van der Waals surface area contributed by atoms with Crippen LogP contribution < -0.4 is 15.8 Å². The Morgan fingerprint density at radius 3 is 2.64 bits per heavy atom. The van der Waals surface area contributed by atoms with Crippen LogP contribution in [0.4, 0.5) is 11.6 Å². The third-order valence-corrected chi connectivity index (χ3v) is 9.65. The largest absolute Gasteiger partial charge is 0.474 e. The molecule has 4 heterocycles. The van der Waals surface area contributed by atoms with Gasteiger partial charge in [-0.2, -0.15) is 0 Å². The first-order valence-electron chi connectivity index (χ1n) is 13.5. The van der Waals surface area contributed by atoms with Gasteiger partial charge in [-0.25, -0.2) is 19.7 Å². The fourth-order valence-corrected chi connectivity index (χ4v) is 5.81. The van der Waals surface area contributed by atoms with Gasteiger partial charge in [0.25, 0.3) is 0 Å². The predicted molar refractivity (Wildman–Crippen MR) is 153 cm³/mol. The molecule has 5 rings (SSSR count). The molecule has 208 valence electrons. The van der Waals surface area contributed by atoms with Gasteiger partial charge in [0.2, 0.25) is 5.88 Å². The molecule has 3 aromatic heterocycles. The number of esters is 1. The van der Waals surface area contributed by atoms with Gasteiger partial charge in [0.15, 0.2) is 0 Å². The maximum absolute atomic E-state index is 12.4. The number of aromatic nitrogens is 3. The van der Waals surface area contributed by atoms with E-state index in [9.17, 15) is 9.00 Å². The first-order valence-corrected chi connectivity index (χ1v) is 15.1. The van der Waals surface area contributed by atoms with Crippen molar-refractivity contribution in [2.75, 3.05) is 11.6 Å². The normalized spacial score (nSPS) is 21.4. The molecule has 1 aliphatic carbocycles. The zero-order valence-corrected chi connectivity index (χ0v) is 24.2. The van der Waals surface area contributed by atoms with Crippen LogP contribution >= 0.6 is 0 Å². The van der Waals surface area contributed by atoms with Crippen LogP contribution in [0.15, 0.2) is 30.6 Å². The summed E-state index contributed by atoms with van der Waals surface area (Å²) in [7, 11) is -0.931. The molecule has 9 nitrogen and oxygen atoms in total. The third kappa shape index (κ3) is 5.12. The number of carbonyl (C=O) groups is 1. The highest BCUT2D eigenvalue weighted by Gasteiger charge is 2.56. The maximum atomic E-state index is 12.4. The third-order valence-electron chi connectivity index (χ3n) is 8.32. The lowest BCUT2D eigenvalue weighted by Crippen LogP contribution is -2.36. The fraction of sp³-hybridized carbons (Fsp3) is 0.517. The van der Waals surface area contributed by atoms with Crippen LogP contribution in [0.5, 0.6) is 5.88 Å². The Balaban J connectivity index is 1.50. The van der Waals surface area contributed by atoms with E-state index in [0.29, 0.717) is 35.9 Å². The lowest BCUT2D eigenvalue weighted by atomic mass is 9.88. The molecule has 0 amide bonds. The summed E-state index contributed by atoms with van der Waals surface area (Å²) in [6.07, 6.45) is 8.12. The average molecular weight is 552 g/mol. The Hall–Kier alpha value is -3.11. The second-order valence-corrected chi connectivity index (χ2v) is 13.1. The molecule has 1 saturated carbocycles. The molecular weight excluding hydrogens is 514 g/mol. The standard InChI is InChI=1S/C29H37N5O4S/c1-7-28(5,30)22-15-32-26(37-16(2)12-17(3)39(6)36)21-14-31-24(13-20(21)22)33-23-9-8-19-25(34-23)29(10-11-29)18(4)38-27(19)35/h8-9,13-18H,7,10-12,30H2,1-6H3,(H,31,33,34)/t16-,17?,18?,28-,39?/m1/s1. The Morgan fingerprint density at radius 1 is 1.23 bits per heavy atom. The van der Waals surface area contributed by atoms with E-state index in [4.69, 9.17) is 20.2 Å². The summed E-state index contributed by atoms with van der Waals surface area (Å²) < 4.78 is 23.6. The van der Waals surface area contributed by atoms with Crippen LogP contribution in [0.1, 0.15) is 81.9 Å². The molecule has 3 unspecified atom stereocenters. The second-order valence-electron chi connectivity index (χ2n) is 11.3. The van der Waals surface area contributed by atoms with E-state index in [0.717, 1.165) is 34.9 Å². The van der Waals surface area contributed by atoms with E-state index in [2.05, 4.69) is 15.3 Å². The molecule has 1 aliphatic heterocycles. The highest BCUT2D eigenvalue weighted by atomic mass is 32.2. The van der Waals surface area contributed by atoms with E-state index < -0.39 is 16.3 Å². The molecule has 1 spiro atoms. The molecular formula is C29H37N5O4S. The molecule has 0 aromatic carbocycles. The lowest BCUT2D eigenvalue weighted by Gasteiger charge is -2.30. The summed E-state index contributed by atoms with van der Waals surface area (Å²) in [6, 6.07) is 5.50. The van der Waals surface area contributed by atoms with Gasteiger partial charge in [-0.15, -0.1) is 0 Å². The number of anilines is 2. The van der Waals surface area contributed by atoms with Gasteiger partial charge in [0.1, 0.15) is 17.7 Å². The van der Waals surface area contributed by atoms with Gasteiger partial charge in [-0.3, -0.25) is 4.21 Å². The molecule has 5 atom stereocenters. The van der Waals surface area contributed by atoms with E-state index >= 15 is 0 Å². The summed E-state index contributed by atoms with van der Waals surface area (Å²) in [4.78, 5) is 26.6. The van der Waals surface area contributed by atoms with Crippen LogP contribution in [0.3, 0.4) is 0 Å². The number of hydrogen-bond acceptors (Lipinski definition) is 9. The van der Waals surface area contributed by atoms with Crippen LogP contribution in [-0.2, 0) is 26.5 Å². The molecule has 0 radical (unpaired) electrons. The van der Waals surface area contributed by atoms with E-state index in [1.807, 2.05) is 40.7 Å². The van der Waals surface area contributed by atoms with Crippen molar-refractivity contribution in [2.24, 2.45) is 5.73 Å². The summed E-state index contributed by atoms with van der Waals surface area (Å²) in [5.74, 6) is 1.36. The average Bonchev–Trinajstić information content (AvgIpc) is 3.69. The number of rotatable bonds is 9. The molecule has 3 aromatic rings. The van der Waals surface area contributed by atoms with Crippen molar-refractivity contribution < 1.29 is 18.5 Å². The minimum atomic E-state index is -0.931. The Kier molecular flexibility index (Phi) is 7.13. The first-order chi connectivity index (χ1) is 18.4. The molecule has 10 heteroatoms. The monoisotopic (exact) mass is 551 g/mol. The minimum Gasteiger partial charge on any atom is -0.474 e. The first kappa shape index (κ1) is 27.5. The van der Waals surface area contributed by atoms with Crippen LogP contribution in [0.2, 0.25) is 0 Å². The van der Waals surface area contributed by atoms with Gasteiger partial charge >= 0.3 is 5.97 Å². The highest BCUT2D eigenvalue weighted by molar-refractivity contribution is 7.84. The number of carbonyl (C=O) groups excluding carboxylic acids is 1. The number of nitrogens with two attached hydrogens (primary N) is 1. The van der Waals surface area contributed by atoms with Crippen molar-refractivity contribution in [1.82, 2.24) is 15.0 Å². The van der Waals surface area contributed by atoms with E-state index in [-0.39, 0.29) is 28.8 Å². The Labute approximate surface area is 231 Å². The summed E-state index contributed by atoms with van der Waals surface area (Å²) >= 11 is 0. The zero-order valence-electron chi connectivity index (χ0n) is 23.4. The van der Waals surface area contributed by atoms with Crippen molar-refractivity contribution in [1.29, 1.82) is 0 Å². The topological polar surface area (TPSA) is 129 Å². The molecule has 39 heavy (non-hydrogen) atoms. The molecule has 3 N–H and O–H groups in total.